The molecule has 0 aliphatic carbocycles. The molecular weight excluding hydrogens is 242 g/mol. The summed E-state index contributed by atoms with van der Waals surface area (Å²) < 4.78 is 10.4. The number of likely N-dealkylation sites (N-methyl/N-ethyl adjacent to an activating group) is 1. The van der Waals surface area contributed by atoms with Gasteiger partial charge in [0, 0.05) is 6.54 Å². The normalized spacial score (nSPS) is 10.6. The summed E-state index contributed by atoms with van der Waals surface area (Å²) in [6.07, 6.45) is 0. The van der Waals surface area contributed by atoms with E-state index < -0.39 is 0 Å². The van der Waals surface area contributed by atoms with Crippen LogP contribution in [0.1, 0.15) is 25.0 Å². The smallest absolute Gasteiger partial charge is 0.320 e. The Bertz CT molecular complexity index is 418. The van der Waals surface area contributed by atoms with Gasteiger partial charge in [-0.25, -0.2) is 0 Å². The molecule has 1 aromatic carbocycles. The molecule has 0 fully saturated rings. The molecule has 0 bridgehead atoms. The molecule has 0 radical (unpaired) electrons. The minimum Gasteiger partial charge on any atom is -0.494 e. The molecule has 19 heavy (non-hydrogen) atoms. The number of rotatable bonds is 7. The molecule has 0 aliphatic rings. The number of hydrogen-bond donors (Lipinski definition) is 0. The van der Waals surface area contributed by atoms with E-state index in [9.17, 15) is 4.79 Å². The van der Waals surface area contributed by atoms with Gasteiger partial charge in [-0.2, -0.15) is 0 Å². The van der Waals surface area contributed by atoms with E-state index in [4.69, 9.17) is 9.47 Å². The highest BCUT2D eigenvalue weighted by atomic mass is 16.5. The van der Waals surface area contributed by atoms with Crippen molar-refractivity contribution < 1.29 is 14.3 Å². The highest BCUT2D eigenvalue weighted by Crippen LogP contribution is 2.19. The molecule has 0 spiro atoms. The fourth-order valence-electron chi connectivity index (χ4n) is 1.92. The fraction of sp³-hybridized carbons (Fsp3) is 0.533. The van der Waals surface area contributed by atoms with Crippen LogP contribution in [0.25, 0.3) is 0 Å². The Labute approximate surface area is 115 Å². The topological polar surface area (TPSA) is 38.8 Å². The molecule has 0 atom stereocenters. The van der Waals surface area contributed by atoms with E-state index in [0.717, 1.165) is 16.9 Å². The molecule has 106 valence electrons. The lowest BCUT2D eigenvalue weighted by Gasteiger charge is -2.16. The molecule has 4 heteroatoms. The molecule has 0 saturated carbocycles. The number of carbonyl (C=O) groups excluding carboxylic acids is 1. The van der Waals surface area contributed by atoms with E-state index >= 15 is 0 Å². The minimum atomic E-state index is -0.187. The van der Waals surface area contributed by atoms with Gasteiger partial charge in [-0.15, -0.1) is 0 Å². The number of nitrogens with zero attached hydrogens (tertiary/aromatic N) is 1. The van der Waals surface area contributed by atoms with E-state index in [0.29, 0.717) is 26.3 Å². The van der Waals surface area contributed by atoms with Crippen LogP contribution in [0.3, 0.4) is 0 Å². The number of carbonyl (C=O) groups is 1. The van der Waals surface area contributed by atoms with Gasteiger partial charge in [0.15, 0.2) is 0 Å². The third kappa shape index (κ3) is 5.30. The second-order valence-electron chi connectivity index (χ2n) is 4.51. The lowest BCUT2D eigenvalue weighted by molar-refractivity contribution is -0.144. The van der Waals surface area contributed by atoms with Gasteiger partial charge >= 0.3 is 5.97 Å². The van der Waals surface area contributed by atoms with Crippen molar-refractivity contribution in [3.05, 3.63) is 29.3 Å². The van der Waals surface area contributed by atoms with Crippen LogP contribution in [-0.4, -0.2) is 37.7 Å². The zero-order chi connectivity index (χ0) is 14.3. The van der Waals surface area contributed by atoms with Crippen molar-refractivity contribution in [3.63, 3.8) is 0 Å². The zero-order valence-corrected chi connectivity index (χ0v) is 12.2. The minimum absolute atomic E-state index is 0.187. The molecule has 0 unspecified atom stereocenters. The van der Waals surface area contributed by atoms with Gasteiger partial charge in [0.05, 0.1) is 19.8 Å². The van der Waals surface area contributed by atoms with Crippen molar-refractivity contribution in [2.75, 3.05) is 26.8 Å². The van der Waals surface area contributed by atoms with Crippen molar-refractivity contribution in [1.29, 1.82) is 0 Å². The van der Waals surface area contributed by atoms with Gasteiger partial charge in [0.1, 0.15) is 5.75 Å². The van der Waals surface area contributed by atoms with Crippen LogP contribution < -0.4 is 4.74 Å². The van der Waals surface area contributed by atoms with Crippen LogP contribution in [0.15, 0.2) is 18.2 Å². The molecular formula is C15H23NO3. The third-order valence-corrected chi connectivity index (χ3v) is 2.70. The number of aryl methyl sites for hydroxylation is 1. The average Bonchev–Trinajstić information content (AvgIpc) is 2.32. The molecule has 0 aliphatic heterocycles. The maximum Gasteiger partial charge on any atom is 0.320 e. The van der Waals surface area contributed by atoms with Gasteiger partial charge in [0.2, 0.25) is 0 Å². The van der Waals surface area contributed by atoms with E-state index in [1.807, 2.05) is 44.9 Å². The predicted octanol–water partition coefficient (Wildman–Crippen LogP) is 2.39. The zero-order valence-electron chi connectivity index (χ0n) is 12.2. The summed E-state index contributed by atoms with van der Waals surface area (Å²) >= 11 is 0. The van der Waals surface area contributed by atoms with Gasteiger partial charge in [-0.05, 0) is 45.0 Å². The van der Waals surface area contributed by atoms with Crippen molar-refractivity contribution in [1.82, 2.24) is 4.90 Å². The summed E-state index contributed by atoms with van der Waals surface area (Å²) in [6.45, 7) is 7.93. The van der Waals surface area contributed by atoms with Crippen molar-refractivity contribution in [2.24, 2.45) is 0 Å². The molecule has 4 nitrogen and oxygen atoms in total. The highest BCUT2D eigenvalue weighted by Gasteiger charge is 2.08. The average molecular weight is 265 g/mol. The van der Waals surface area contributed by atoms with Crippen LogP contribution >= 0.6 is 0 Å². The number of ether oxygens (including phenoxy) is 2. The lowest BCUT2D eigenvalue weighted by atomic mass is 10.1. The fourth-order valence-corrected chi connectivity index (χ4v) is 1.92. The summed E-state index contributed by atoms with van der Waals surface area (Å²) in [6, 6.07) is 6.10. The Balaban J connectivity index is 2.57. The Kier molecular flexibility index (Phi) is 6.36. The van der Waals surface area contributed by atoms with E-state index in [2.05, 4.69) is 6.07 Å². The number of hydrogen-bond acceptors (Lipinski definition) is 4. The summed E-state index contributed by atoms with van der Waals surface area (Å²) in [5, 5.41) is 0. The second kappa shape index (κ2) is 7.79. The third-order valence-electron chi connectivity index (χ3n) is 2.70. The van der Waals surface area contributed by atoms with Crippen LogP contribution in [0.4, 0.5) is 0 Å². The molecule has 0 saturated heterocycles. The number of esters is 1. The summed E-state index contributed by atoms with van der Waals surface area (Å²) in [5.74, 6) is 0.729. The molecule has 0 N–H and O–H groups in total. The Morgan fingerprint density at radius 2 is 2.00 bits per heavy atom. The largest absolute Gasteiger partial charge is 0.494 e. The molecule has 0 aromatic heterocycles. The maximum absolute atomic E-state index is 11.4. The molecule has 0 heterocycles. The first-order valence-electron chi connectivity index (χ1n) is 6.63. The second-order valence-corrected chi connectivity index (χ2v) is 4.51. The van der Waals surface area contributed by atoms with Crippen LogP contribution in [0.2, 0.25) is 0 Å². The first-order valence-corrected chi connectivity index (χ1v) is 6.63. The van der Waals surface area contributed by atoms with Crippen molar-refractivity contribution >= 4 is 5.97 Å². The van der Waals surface area contributed by atoms with E-state index in [1.54, 1.807) is 0 Å². The first kappa shape index (κ1) is 15.5. The van der Waals surface area contributed by atoms with Gasteiger partial charge in [-0.1, -0.05) is 12.1 Å². The Morgan fingerprint density at radius 1 is 1.26 bits per heavy atom. The van der Waals surface area contributed by atoms with Crippen LogP contribution in [0, 0.1) is 6.92 Å². The molecule has 1 rings (SSSR count). The highest BCUT2D eigenvalue weighted by molar-refractivity contribution is 5.71. The predicted molar refractivity (Wildman–Crippen MR) is 75.3 cm³/mol. The Morgan fingerprint density at radius 3 is 2.58 bits per heavy atom. The van der Waals surface area contributed by atoms with E-state index in [-0.39, 0.29) is 5.97 Å². The maximum atomic E-state index is 11.4. The van der Waals surface area contributed by atoms with Gasteiger partial charge < -0.3 is 9.47 Å². The van der Waals surface area contributed by atoms with Gasteiger partial charge in [-0.3, -0.25) is 9.69 Å². The lowest BCUT2D eigenvalue weighted by Crippen LogP contribution is -2.27. The van der Waals surface area contributed by atoms with Gasteiger partial charge in [0.25, 0.3) is 0 Å². The summed E-state index contributed by atoms with van der Waals surface area (Å²) in [5.41, 5.74) is 2.27. The standard InChI is InChI=1S/C15H23NO3/c1-5-18-14-8-7-13(9-12(14)3)10-16(4)11-15(17)19-6-2/h7-9H,5-6,10-11H2,1-4H3. The molecule has 1 aromatic rings. The van der Waals surface area contributed by atoms with Crippen molar-refractivity contribution in [2.45, 2.75) is 27.3 Å². The van der Waals surface area contributed by atoms with Crippen molar-refractivity contribution in [3.8, 4) is 5.75 Å². The monoisotopic (exact) mass is 265 g/mol. The van der Waals surface area contributed by atoms with Crippen LogP contribution in [0.5, 0.6) is 5.75 Å². The van der Waals surface area contributed by atoms with Crippen LogP contribution in [-0.2, 0) is 16.1 Å². The quantitative estimate of drug-likeness (QED) is 0.710. The van der Waals surface area contributed by atoms with E-state index in [1.165, 1.54) is 0 Å². The molecule has 0 amide bonds. The SMILES string of the molecule is CCOC(=O)CN(C)Cc1ccc(OCC)c(C)c1. The summed E-state index contributed by atoms with van der Waals surface area (Å²) in [7, 11) is 1.91. The Hall–Kier alpha value is -1.55. The first-order chi connectivity index (χ1) is 9.06. The summed E-state index contributed by atoms with van der Waals surface area (Å²) in [4.78, 5) is 13.3. The number of benzene rings is 1.